The number of nitrogens with one attached hydrogen (secondary N) is 2. The maximum absolute atomic E-state index is 13.8. The van der Waals surface area contributed by atoms with Crippen LogP contribution in [0.15, 0.2) is 53.3 Å². The third kappa shape index (κ3) is 3.20. The number of fused-ring (bicyclic) bond motifs is 1. The number of hydrogen-bond donors (Lipinski definition) is 2. The summed E-state index contributed by atoms with van der Waals surface area (Å²) < 4.78 is 14.8. The summed E-state index contributed by atoms with van der Waals surface area (Å²) in [6.07, 6.45) is 1.33. The van der Waals surface area contributed by atoms with Gasteiger partial charge in [-0.3, -0.25) is 5.10 Å². The third-order valence-corrected chi connectivity index (χ3v) is 4.20. The second-order valence-electron chi connectivity index (χ2n) is 5.32. The first kappa shape index (κ1) is 15.6. The Labute approximate surface area is 150 Å². The predicted octanol–water partition coefficient (Wildman–Crippen LogP) is 3.93. The Morgan fingerprint density at radius 3 is 2.76 bits per heavy atom. The van der Waals surface area contributed by atoms with E-state index in [2.05, 4.69) is 46.4 Å². The molecule has 2 aromatic carbocycles. The fraction of sp³-hybridized carbons (Fsp3) is 0.0588. The second kappa shape index (κ2) is 6.56. The molecule has 2 N–H and O–H groups in total. The zero-order chi connectivity index (χ0) is 17.2. The molecule has 0 saturated carbocycles. The van der Waals surface area contributed by atoms with Gasteiger partial charge in [-0.2, -0.15) is 5.10 Å². The van der Waals surface area contributed by atoms with Gasteiger partial charge in [-0.15, -0.1) is 0 Å². The summed E-state index contributed by atoms with van der Waals surface area (Å²) in [4.78, 5) is 12.6. The van der Waals surface area contributed by atoms with Crippen molar-refractivity contribution in [1.82, 2.24) is 25.1 Å². The van der Waals surface area contributed by atoms with Crippen LogP contribution in [0.5, 0.6) is 0 Å². The molecule has 0 atom stereocenters. The molecule has 0 amide bonds. The molecule has 0 saturated heterocycles. The summed E-state index contributed by atoms with van der Waals surface area (Å²) in [5, 5.41) is 10.9. The van der Waals surface area contributed by atoms with Crippen molar-refractivity contribution >= 4 is 32.7 Å². The summed E-state index contributed by atoms with van der Waals surface area (Å²) in [5.41, 5.74) is 1.20. The van der Waals surface area contributed by atoms with Crippen molar-refractivity contribution in [2.45, 2.75) is 6.54 Å². The highest BCUT2D eigenvalue weighted by atomic mass is 79.9. The standard InChI is InChI=1S/C17H12BrFN6/c18-11-6-4-10(5-7-11)16-23-14(24-25-16)8-20-17-12-2-1-3-13(19)15(12)21-9-22-17/h1-7,9H,8H2,(H,20,21,22)(H,23,24,25). The van der Waals surface area contributed by atoms with Crippen LogP contribution in [0.4, 0.5) is 10.2 Å². The average molecular weight is 399 g/mol. The Morgan fingerprint density at radius 1 is 1.08 bits per heavy atom. The number of aromatic nitrogens is 5. The van der Waals surface area contributed by atoms with E-state index in [4.69, 9.17) is 0 Å². The van der Waals surface area contributed by atoms with Crippen molar-refractivity contribution in [3.05, 3.63) is 64.9 Å². The van der Waals surface area contributed by atoms with Crippen molar-refractivity contribution in [1.29, 1.82) is 0 Å². The van der Waals surface area contributed by atoms with Crippen molar-refractivity contribution in [2.75, 3.05) is 5.32 Å². The van der Waals surface area contributed by atoms with E-state index in [0.717, 1.165) is 10.0 Å². The topological polar surface area (TPSA) is 79.4 Å². The minimum atomic E-state index is -0.375. The van der Waals surface area contributed by atoms with E-state index in [1.54, 1.807) is 12.1 Å². The van der Waals surface area contributed by atoms with Gasteiger partial charge in [-0.05, 0) is 24.3 Å². The van der Waals surface area contributed by atoms with Crippen LogP contribution in [0.25, 0.3) is 22.3 Å². The lowest BCUT2D eigenvalue weighted by Gasteiger charge is -2.06. The number of rotatable bonds is 4. The fourth-order valence-electron chi connectivity index (χ4n) is 2.46. The molecule has 2 aromatic heterocycles. The molecule has 0 unspecified atom stereocenters. The molecule has 2 heterocycles. The van der Waals surface area contributed by atoms with Gasteiger partial charge in [0.1, 0.15) is 29.3 Å². The van der Waals surface area contributed by atoms with Crippen molar-refractivity contribution in [2.24, 2.45) is 0 Å². The zero-order valence-corrected chi connectivity index (χ0v) is 14.5. The largest absolute Gasteiger partial charge is 0.362 e. The van der Waals surface area contributed by atoms with Crippen LogP contribution in [0.3, 0.4) is 0 Å². The van der Waals surface area contributed by atoms with Crippen molar-refractivity contribution in [3.8, 4) is 11.4 Å². The molecular formula is C17H12BrFN6. The van der Waals surface area contributed by atoms with Gasteiger partial charge in [0, 0.05) is 15.4 Å². The fourth-order valence-corrected chi connectivity index (χ4v) is 2.73. The van der Waals surface area contributed by atoms with Gasteiger partial charge >= 0.3 is 0 Å². The summed E-state index contributed by atoms with van der Waals surface area (Å²) in [7, 11) is 0. The third-order valence-electron chi connectivity index (χ3n) is 3.67. The molecule has 0 bridgehead atoms. The number of benzene rings is 2. The minimum absolute atomic E-state index is 0.285. The summed E-state index contributed by atoms with van der Waals surface area (Å²) in [6.45, 7) is 0.381. The predicted molar refractivity (Wildman–Crippen MR) is 96.3 cm³/mol. The number of aromatic amines is 1. The summed E-state index contributed by atoms with van der Waals surface area (Å²) in [5.74, 6) is 1.44. The second-order valence-corrected chi connectivity index (χ2v) is 6.24. The number of hydrogen-bond acceptors (Lipinski definition) is 5. The molecule has 6 nitrogen and oxygen atoms in total. The van der Waals surface area contributed by atoms with Crippen LogP contribution >= 0.6 is 15.9 Å². The average Bonchev–Trinajstić information content (AvgIpc) is 3.10. The number of nitrogens with zero attached hydrogens (tertiary/aromatic N) is 4. The summed E-state index contributed by atoms with van der Waals surface area (Å²) >= 11 is 3.40. The van der Waals surface area contributed by atoms with Crippen LogP contribution in [-0.2, 0) is 6.54 Å². The molecular weight excluding hydrogens is 387 g/mol. The molecule has 124 valence electrons. The van der Waals surface area contributed by atoms with E-state index in [1.165, 1.54) is 12.4 Å². The van der Waals surface area contributed by atoms with Gasteiger partial charge < -0.3 is 5.32 Å². The SMILES string of the molecule is Fc1cccc2c(NCc3nc(-c4ccc(Br)cc4)n[nH]3)ncnc12. The lowest BCUT2D eigenvalue weighted by molar-refractivity contribution is 0.636. The van der Waals surface area contributed by atoms with E-state index in [9.17, 15) is 4.39 Å². The molecule has 25 heavy (non-hydrogen) atoms. The lowest BCUT2D eigenvalue weighted by Crippen LogP contribution is -2.04. The highest BCUT2D eigenvalue weighted by molar-refractivity contribution is 9.10. The first-order valence-electron chi connectivity index (χ1n) is 7.51. The Balaban J connectivity index is 1.55. The first-order valence-corrected chi connectivity index (χ1v) is 8.30. The van der Waals surface area contributed by atoms with Crippen LogP contribution in [-0.4, -0.2) is 25.1 Å². The Hall–Kier alpha value is -2.87. The summed E-state index contributed by atoms with van der Waals surface area (Å²) in [6, 6.07) is 12.5. The van der Waals surface area contributed by atoms with Crippen LogP contribution < -0.4 is 5.32 Å². The van der Waals surface area contributed by atoms with Crippen LogP contribution in [0, 0.1) is 5.82 Å². The van der Waals surface area contributed by atoms with Gasteiger partial charge in [0.15, 0.2) is 5.82 Å². The molecule has 4 aromatic rings. The molecule has 0 spiro atoms. The monoisotopic (exact) mass is 398 g/mol. The van der Waals surface area contributed by atoms with E-state index >= 15 is 0 Å². The van der Waals surface area contributed by atoms with E-state index in [0.29, 0.717) is 29.4 Å². The van der Waals surface area contributed by atoms with E-state index in [1.807, 2.05) is 24.3 Å². The van der Waals surface area contributed by atoms with Crippen LogP contribution in [0.1, 0.15) is 5.82 Å². The highest BCUT2D eigenvalue weighted by Gasteiger charge is 2.09. The van der Waals surface area contributed by atoms with Gasteiger partial charge in [0.2, 0.25) is 0 Å². The molecule has 8 heteroatoms. The quantitative estimate of drug-likeness (QED) is 0.544. The minimum Gasteiger partial charge on any atom is -0.362 e. The number of H-pyrrole nitrogens is 1. The molecule has 0 radical (unpaired) electrons. The van der Waals surface area contributed by atoms with Crippen molar-refractivity contribution < 1.29 is 4.39 Å². The molecule has 4 rings (SSSR count). The molecule has 0 aliphatic rings. The normalized spacial score (nSPS) is 11.0. The zero-order valence-electron chi connectivity index (χ0n) is 12.9. The van der Waals surface area contributed by atoms with Crippen LogP contribution in [0.2, 0.25) is 0 Å². The van der Waals surface area contributed by atoms with E-state index < -0.39 is 0 Å². The van der Waals surface area contributed by atoms with Crippen molar-refractivity contribution in [3.63, 3.8) is 0 Å². The maximum atomic E-state index is 13.8. The van der Waals surface area contributed by atoms with Gasteiger partial charge in [0.25, 0.3) is 0 Å². The van der Waals surface area contributed by atoms with Gasteiger partial charge in [-0.1, -0.05) is 34.1 Å². The highest BCUT2D eigenvalue weighted by Crippen LogP contribution is 2.22. The number of anilines is 1. The smallest absolute Gasteiger partial charge is 0.181 e. The first-order chi connectivity index (χ1) is 12.2. The Kier molecular flexibility index (Phi) is 4.10. The molecule has 0 aliphatic heterocycles. The number of para-hydroxylation sites is 1. The maximum Gasteiger partial charge on any atom is 0.181 e. The van der Waals surface area contributed by atoms with Gasteiger partial charge in [0.05, 0.1) is 6.54 Å². The molecule has 0 fully saturated rings. The Morgan fingerprint density at radius 2 is 1.92 bits per heavy atom. The van der Waals surface area contributed by atoms with Gasteiger partial charge in [-0.25, -0.2) is 19.3 Å². The lowest BCUT2D eigenvalue weighted by atomic mass is 10.2. The molecule has 0 aliphatic carbocycles. The Bertz CT molecular complexity index is 1030. The number of halogens is 2. The van der Waals surface area contributed by atoms with E-state index in [-0.39, 0.29) is 11.3 Å².